The lowest BCUT2D eigenvalue weighted by molar-refractivity contribution is 0.997. The fourth-order valence-electron chi connectivity index (χ4n) is 0.0354. The van der Waals surface area contributed by atoms with E-state index >= 15 is 0 Å². The van der Waals surface area contributed by atoms with E-state index in [2.05, 4.69) is 11.8 Å². The molecule has 3 nitrogen and oxygen atoms in total. The highest BCUT2D eigenvalue weighted by atomic mass is 15.3. The van der Waals surface area contributed by atoms with Crippen molar-refractivity contribution in [2.75, 3.05) is 0 Å². The van der Waals surface area contributed by atoms with Crippen molar-refractivity contribution < 1.29 is 0 Å². The maximum atomic E-state index is 7.57. The molecule has 0 aliphatic heterocycles. The van der Waals surface area contributed by atoms with Gasteiger partial charge in [0.15, 0.2) is 6.19 Å². The number of nitrogens with one attached hydrogen (secondary N) is 1. The number of hydrazone groups is 1. The van der Waals surface area contributed by atoms with Gasteiger partial charge in [-0.2, -0.15) is 10.4 Å². The lowest BCUT2D eigenvalue weighted by Gasteiger charge is -1.67. The van der Waals surface area contributed by atoms with Gasteiger partial charge >= 0.3 is 0 Å². The second kappa shape index (κ2) is 2.96. The van der Waals surface area contributed by atoms with Gasteiger partial charge in [-0.3, -0.25) is 0 Å². The topological polar surface area (TPSA) is 48.2 Å². The molecule has 0 rings (SSSR count). The monoisotopic (exact) mass is 69.0 g/mol. The fourth-order valence-corrected chi connectivity index (χ4v) is 0.0354. The first kappa shape index (κ1) is 3.96. The van der Waals surface area contributed by atoms with Crippen LogP contribution in [-0.4, -0.2) is 6.72 Å². The van der Waals surface area contributed by atoms with Crippen LogP contribution in [0.1, 0.15) is 0 Å². The van der Waals surface area contributed by atoms with Crippen LogP contribution in [0, 0.1) is 11.5 Å². The average Bonchev–Trinajstić information content (AvgIpc) is 1.41. The van der Waals surface area contributed by atoms with Crippen molar-refractivity contribution in [3.63, 3.8) is 0 Å². The van der Waals surface area contributed by atoms with Gasteiger partial charge in [0.2, 0.25) is 0 Å². The predicted molar refractivity (Wildman–Crippen MR) is 18.3 cm³/mol. The smallest absolute Gasteiger partial charge is 0.198 e. The van der Waals surface area contributed by atoms with E-state index in [9.17, 15) is 0 Å². The second-order valence-electron chi connectivity index (χ2n) is 0.382. The molecule has 5 heavy (non-hydrogen) atoms. The zero-order valence-electron chi connectivity index (χ0n) is 2.60. The third-order valence-corrected chi connectivity index (χ3v) is 0.129. The minimum atomic E-state index is 1.54. The van der Waals surface area contributed by atoms with Crippen LogP contribution in [0.4, 0.5) is 0 Å². The number of nitriles is 1. The van der Waals surface area contributed by atoms with Gasteiger partial charge in [0.05, 0.1) is 0 Å². The standard InChI is InChI=1S/C2H3N3/c1-4-5-2-3/h5H,1H2. The maximum absolute atomic E-state index is 7.57. The molecule has 0 spiro atoms. The van der Waals surface area contributed by atoms with E-state index in [-0.39, 0.29) is 0 Å². The second-order valence-corrected chi connectivity index (χ2v) is 0.382. The molecule has 0 amide bonds. The molecule has 0 fully saturated rings. The van der Waals surface area contributed by atoms with Gasteiger partial charge in [0, 0.05) is 6.72 Å². The summed E-state index contributed by atoms with van der Waals surface area (Å²) in [5.41, 5.74) is 1.93. The zero-order valence-corrected chi connectivity index (χ0v) is 2.60. The third kappa shape index (κ3) is 2.96. The molecule has 1 N–H and O–H groups in total. The highest BCUT2D eigenvalue weighted by Gasteiger charge is 1.48. The maximum Gasteiger partial charge on any atom is 0.198 e. The first-order chi connectivity index (χ1) is 2.41. The van der Waals surface area contributed by atoms with E-state index in [1.165, 1.54) is 6.19 Å². The van der Waals surface area contributed by atoms with Gasteiger partial charge in [-0.05, 0) is 0 Å². The summed E-state index contributed by atoms with van der Waals surface area (Å²) in [6.07, 6.45) is 1.54. The molecular formula is C2H3N3. The predicted octanol–water partition coefficient (Wildman–Crippen LogP) is -0.327. The van der Waals surface area contributed by atoms with Gasteiger partial charge in [-0.15, -0.1) is 0 Å². The molecule has 0 aromatic heterocycles. The van der Waals surface area contributed by atoms with Crippen molar-refractivity contribution in [1.82, 2.24) is 5.43 Å². The molecule has 0 aliphatic carbocycles. The highest BCUT2D eigenvalue weighted by molar-refractivity contribution is 5.22. The Balaban J connectivity index is 2.75. The summed E-state index contributed by atoms with van der Waals surface area (Å²) in [7, 11) is 0. The Morgan fingerprint density at radius 2 is 2.60 bits per heavy atom. The van der Waals surface area contributed by atoms with Gasteiger partial charge in [0.25, 0.3) is 0 Å². The molecule has 0 atom stereocenters. The minimum Gasteiger partial charge on any atom is -0.214 e. The Kier molecular flexibility index (Phi) is 2.34. The number of hydrogen-bond donors (Lipinski definition) is 1. The summed E-state index contributed by atoms with van der Waals surface area (Å²) in [5.74, 6) is 0. The molecule has 0 aromatic carbocycles. The molecule has 0 radical (unpaired) electrons. The number of hydrogen-bond acceptors (Lipinski definition) is 3. The van der Waals surface area contributed by atoms with Gasteiger partial charge < -0.3 is 0 Å². The van der Waals surface area contributed by atoms with E-state index in [1.807, 2.05) is 5.43 Å². The first-order valence-corrected chi connectivity index (χ1v) is 1.01. The van der Waals surface area contributed by atoms with E-state index < -0.39 is 0 Å². The lowest BCUT2D eigenvalue weighted by Crippen LogP contribution is -1.87. The Hall–Kier alpha value is -1.04. The van der Waals surface area contributed by atoms with E-state index in [0.29, 0.717) is 0 Å². The molecular weight excluding hydrogens is 66.0 g/mol. The fraction of sp³-hybridized carbons (Fsp3) is 0. The molecule has 0 unspecified atom stereocenters. The van der Waals surface area contributed by atoms with E-state index in [4.69, 9.17) is 5.26 Å². The molecule has 0 aliphatic rings. The summed E-state index contributed by atoms with van der Waals surface area (Å²) in [5, 5.41) is 10.6. The van der Waals surface area contributed by atoms with Gasteiger partial charge in [-0.1, -0.05) is 0 Å². The summed E-state index contributed by atoms with van der Waals surface area (Å²) >= 11 is 0. The molecule has 0 saturated carbocycles. The number of nitrogens with zero attached hydrogens (tertiary/aromatic N) is 2. The third-order valence-electron chi connectivity index (χ3n) is 0.129. The van der Waals surface area contributed by atoms with Gasteiger partial charge in [-0.25, -0.2) is 5.43 Å². The Bertz CT molecular complexity index is 59.8. The SMILES string of the molecule is C=NNC#N. The Morgan fingerprint density at radius 1 is 2.00 bits per heavy atom. The quantitative estimate of drug-likeness (QED) is 0.198. The Morgan fingerprint density at radius 3 is 2.60 bits per heavy atom. The Labute approximate surface area is 29.9 Å². The lowest BCUT2D eigenvalue weighted by atomic mass is 11.4. The summed E-state index contributed by atoms with van der Waals surface area (Å²) < 4.78 is 0. The molecule has 0 saturated heterocycles. The highest BCUT2D eigenvalue weighted by Crippen LogP contribution is 1.36. The summed E-state index contributed by atoms with van der Waals surface area (Å²) in [6, 6.07) is 0. The van der Waals surface area contributed by atoms with E-state index in [1.54, 1.807) is 0 Å². The van der Waals surface area contributed by atoms with Crippen LogP contribution >= 0.6 is 0 Å². The van der Waals surface area contributed by atoms with Crippen molar-refractivity contribution in [3.8, 4) is 6.19 Å². The molecule has 3 heteroatoms. The van der Waals surface area contributed by atoms with Crippen molar-refractivity contribution >= 4 is 6.72 Å². The molecule has 26 valence electrons. The van der Waals surface area contributed by atoms with E-state index in [0.717, 1.165) is 0 Å². The molecule has 0 aromatic rings. The first-order valence-electron chi connectivity index (χ1n) is 1.01. The van der Waals surface area contributed by atoms with Gasteiger partial charge in [0.1, 0.15) is 0 Å². The van der Waals surface area contributed by atoms with Crippen molar-refractivity contribution in [2.24, 2.45) is 5.10 Å². The minimum absolute atomic E-state index is 1.54. The zero-order chi connectivity index (χ0) is 4.12. The average molecular weight is 69.1 g/mol. The van der Waals surface area contributed by atoms with Crippen LogP contribution < -0.4 is 5.43 Å². The summed E-state index contributed by atoms with van der Waals surface area (Å²) in [4.78, 5) is 0. The van der Waals surface area contributed by atoms with Crippen LogP contribution in [0.5, 0.6) is 0 Å². The van der Waals surface area contributed by atoms with Crippen LogP contribution in [0.2, 0.25) is 0 Å². The number of rotatable bonds is 1. The van der Waals surface area contributed by atoms with Crippen molar-refractivity contribution in [2.45, 2.75) is 0 Å². The summed E-state index contributed by atoms with van der Waals surface area (Å²) in [6.45, 7) is 2.97. The molecule has 0 heterocycles. The van der Waals surface area contributed by atoms with Crippen LogP contribution in [0.25, 0.3) is 0 Å². The van der Waals surface area contributed by atoms with Crippen LogP contribution in [-0.2, 0) is 0 Å². The van der Waals surface area contributed by atoms with Crippen molar-refractivity contribution in [1.29, 1.82) is 5.26 Å². The molecule has 0 bridgehead atoms. The normalized spacial score (nSPS) is 4.60. The van der Waals surface area contributed by atoms with Crippen LogP contribution in [0.3, 0.4) is 0 Å². The largest absolute Gasteiger partial charge is 0.214 e. The van der Waals surface area contributed by atoms with Crippen LogP contribution in [0.15, 0.2) is 5.10 Å². The van der Waals surface area contributed by atoms with Crippen molar-refractivity contribution in [3.05, 3.63) is 0 Å².